The lowest BCUT2D eigenvalue weighted by molar-refractivity contribution is -0.144. The quantitative estimate of drug-likeness (QED) is 0.121. The highest BCUT2D eigenvalue weighted by Crippen LogP contribution is 2.29. The second-order valence-electron chi connectivity index (χ2n) is 15.5. The van der Waals surface area contributed by atoms with Gasteiger partial charge in [-0.1, -0.05) is 94.3 Å². The monoisotopic (exact) mass is 803 g/mol. The molecule has 4 rings (SSSR count). The van der Waals surface area contributed by atoms with E-state index < -0.39 is 75.4 Å². The first-order valence-corrected chi connectivity index (χ1v) is 22.4. The van der Waals surface area contributed by atoms with E-state index in [-0.39, 0.29) is 32.1 Å². The van der Waals surface area contributed by atoms with Crippen molar-refractivity contribution in [3.63, 3.8) is 0 Å². The second-order valence-corrected chi connectivity index (χ2v) is 17.7. The van der Waals surface area contributed by atoms with Gasteiger partial charge >= 0.3 is 5.97 Å². The Labute approximate surface area is 333 Å². The average Bonchev–Trinajstić information content (AvgIpc) is 3.18. The fraction of sp³-hybridized carbons (Fsp3) is 0.690. The van der Waals surface area contributed by atoms with E-state index in [1.165, 1.54) is 6.92 Å². The molecule has 0 spiro atoms. The summed E-state index contributed by atoms with van der Waals surface area (Å²) in [6.45, 7) is 7.53. The van der Waals surface area contributed by atoms with Crippen LogP contribution in [0.2, 0.25) is 0 Å². The number of aliphatic hydroxyl groups is 2. The molecule has 2 aromatic carbocycles. The number of nitrogens with one attached hydrogen (secondary N) is 2. The predicted molar refractivity (Wildman–Crippen MR) is 216 cm³/mol. The number of aliphatic hydroxyl groups excluding tert-OH is 2. The van der Waals surface area contributed by atoms with Gasteiger partial charge in [0.2, 0.25) is 11.8 Å². The number of carbonyl (C=O) groups excluding carboxylic acids is 3. The molecule has 2 fully saturated rings. The maximum Gasteiger partial charge on any atom is 0.302 e. The summed E-state index contributed by atoms with van der Waals surface area (Å²) in [5, 5.41) is 30.6. The highest BCUT2D eigenvalue weighted by molar-refractivity contribution is 7.91. The summed E-state index contributed by atoms with van der Waals surface area (Å²) in [6.07, 6.45) is 4.25. The molecule has 1 aliphatic carbocycles. The van der Waals surface area contributed by atoms with Crippen LogP contribution in [0, 0.1) is 11.8 Å². The maximum absolute atomic E-state index is 14.4. The molecule has 1 aliphatic heterocycles. The largest absolute Gasteiger partial charge is 0.463 e. The lowest BCUT2D eigenvalue weighted by Gasteiger charge is -2.35. The van der Waals surface area contributed by atoms with Gasteiger partial charge in [-0.2, -0.15) is 0 Å². The van der Waals surface area contributed by atoms with Crippen molar-refractivity contribution in [3.8, 4) is 0 Å². The molecule has 14 heteroatoms. The van der Waals surface area contributed by atoms with Gasteiger partial charge in [0.1, 0.15) is 24.9 Å². The van der Waals surface area contributed by atoms with Gasteiger partial charge in [-0.05, 0) is 48.4 Å². The molecule has 4 N–H and O–H groups in total. The Morgan fingerprint density at radius 2 is 1.66 bits per heavy atom. The zero-order valence-corrected chi connectivity index (χ0v) is 34.4. The zero-order valence-electron chi connectivity index (χ0n) is 33.5. The van der Waals surface area contributed by atoms with Crippen LogP contribution < -0.4 is 10.6 Å². The molecule has 56 heavy (non-hydrogen) atoms. The molecule has 1 saturated carbocycles. The van der Waals surface area contributed by atoms with Gasteiger partial charge in [-0.15, -0.1) is 0 Å². The number of sulfone groups is 1. The topological polar surface area (TPSA) is 181 Å². The van der Waals surface area contributed by atoms with E-state index in [0.29, 0.717) is 45.6 Å². The molecule has 0 radical (unpaired) electrons. The Balaban J connectivity index is 1.57. The number of esters is 1. The molecule has 2 amide bonds. The van der Waals surface area contributed by atoms with Crippen LogP contribution in [0.25, 0.3) is 10.8 Å². The van der Waals surface area contributed by atoms with Crippen molar-refractivity contribution in [2.45, 2.75) is 115 Å². The van der Waals surface area contributed by atoms with Crippen LogP contribution in [0.4, 0.5) is 0 Å². The number of amides is 2. The van der Waals surface area contributed by atoms with Crippen molar-refractivity contribution in [2.24, 2.45) is 11.8 Å². The average molecular weight is 804 g/mol. The Hall–Kier alpha value is -3.14. The zero-order chi connectivity index (χ0) is 40.5. The third-order valence-electron chi connectivity index (χ3n) is 11.0. The van der Waals surface area contributed by atoms with E-state index in [4.69, 9.17) is 14.2 Å². The highest BCUT2D eigenvalue weighted by Gasteiger charge is 2.36. The van der Waals surface area contributed by atoms with Crippen molar-refractivity contribution in [1.82, 2.24) is 15.5 Å². The van der Waals surface area contributed by atoms with Gasteiger partial charge in [0.05, 0.1) is 42.8 Å². The van der Waals surface area contributed by atoms with Crippen LogP contribution in [-0.4, -0.2) is 129 Å². The van der Waals surface area contributed by atoms with Gasteiger partial charge < -0.3 is 35.1 Å². The van der Waals surface area contributed by atoms with E-state index in [2.05, 4.69) is 10.6 Å². The normalized spacial score (nSPS) is 19.0. The first-order chi connectivity index (χ1) is 26.9. The van der Waals surface area contributed by atoms with Crippen molar-refractivity contribution < 1.29 is 47.2 Å². The first kappa shape index (κ1) is 45.6. The van der Waals surface area contributed by atoms with Crippen LogP contribution in [0.3, 0.4) is 0 Å². The number of hydrogen-bond donors (Lipinski definition) is 4. The van der Waals surface area contributed by atoms with Gasteiger partial charge in [-0.3, -0.25) is 19.3 Å². The fourth-order valence-electron chi connectivity index (χ4n) is 7.95. The molecule has 0 bridgehead atoms. The van der Waals surface area contributed by atoms with Gasteiger partial charge in [0.15, 0.2) is 9.84 Å². The minimum Gasteiger partial charge on any atom is -0.463 e. The Morgan fingerprint density at radius 1 is 0.946 bits per heavy atom. The van der Waals surface area contributed by atoms with Crippen LogP contribution >= 0.6 is 0 Å². The second kappa shape index (κ2) is 23.3. The molecule has 2 aromatic rings. The molecule has 6 atom stereocenters. The summed E-state index contributed by atoms with van der Waals surface area (Å²) in [5.41, 5.74) is 0.791. The number of benzene rings is 2. The summed E-state index contributed by atoms with van der Waals surface area (Å²) in [4.78, 5) is 42.1. The molecule has 1 saturated heterocycles. The molecule has 1 unspecified atom stereocenters. The number of morpholine rings is 1. The predicted octanol–water partition coefficient (Wildman–Crippen LogP) is 3.57. The van der Waals surface area contributed by atoms with Gasteiger partial charge in [0.25, 0.3) is 0 Å². The number of β-amino-alcohol motifs (C(OH)–C–C–N with tert-alkyl or cyclic N) is 1. The third kappa shape index (κ3) is 15.0. The lowest BCUT2D eigenvalue weighted by Crippen LogP contribution is -2.57. The number of fused-ring (bicyclic) bond motifs is 1. The van der Waals surface area contributed by atoms with E-state index >= 15 is 0 Å². The van der Waals surface area contributed by atoms with Crippen molar-refractivity contribution in [2.75, 3.05) is 57.6 Å². The van der Waals surface area contributed by atoms with E-state index in [9.17, 15) is 33.0 Å². The van der Waals surface area contributed by atoms with Crippen molar-refractivity contribution in [3.05, 3.63) is 48.0 Å². The van der Waals surface area contributed by atoms with Crippen molar-refractivity contribution in [1.29, 1.82) is 0 Å². The third-order valence-corrected chi connectivity index (χ3v) is 12.8. The number of carbonyl (C=O) groups is 3. The molecular formula is C42H65N3O10S. The number of rotatable bonds is 23. The number of nitrogens with zero attached hydrogens (tertiary/aromatic N) is 1. The van der Waals surface area contributed by atoms with E-state index in [1.807, 2.05) is 54.3 Å². The van der Waals surface area contributed by atoms with E-state index in [0.717, 1.165) is 54.9 Å². The minimum atomic E-state index is -3.96. The standard InChI is InChI=1S/C42H65N3O10S/c1-4-6-19-37(42(50)44-38(24-31-13-8-7-9-14-31)40(48)39(47)26-45-20-22-53-23-21-45)43-41(49)34(25-33-17-12-16-32-15-10-11-18-36(32)33)28-56(51,52)29-35(54-5-2)27-55-30(3)46/h10-12,15-18,31,34-35,37-40,47-48H,4-9,13-14,19-29H2,1-3H3,(H,43,49)(H,44,50)/t34-,35?,37+,38+,39+,40-/m1/s1. The summed E-state index contributed by atoms with van der Waals surface area (Å²) < 4.78 is 43.7. The molecule has 0 aromatic heterocycles. The SMILES string of the molecule is CCCC[C@H](NC(=O)[C@H](Cc1cccc2ccccc12)CS(=O)(=O)CC(COC(C)=O)OCC)C(=O)N[C@@H](CC1CCCCC1)[C@@H](O)[C@@H](O)CN1CCOCC1. The van der Waals surface area contributed by atoms with Gasteiger partial charge in [-0.25, -0.2) is 8.42 Å². The van der Waals surface area contributed by atoms with Crippen molar-refractivity contribution >= 4 is 38.4 Å². The number of hydrogen-bond acceptors (Lipinski definition) is 11. The first-order valence-electron chi connectivity index (χ1n) is 20.6. The summed E-state index contributed by atoms with van der Waals surface area (Å²) in [6, 6.07) is 11.6. The summed E-state index contributed by atoms with van der Waals surface area (Å²) in [7, 11) is -3.96. The molecule has 13 nitrogen and oxygen atoms in total. The lowest BCUT2D eigenvalue weighted by atomic mass is 9.83. The minimum absolute atomic E-state index is 0.0918. The highest BCUT2D eigenvalue weighted by atomic mass is 32.2. The maximum atomic E-state index is 14.4. The van der Waals surface area contributed by atoms with Gasteiger partial charge in [0, 0.05) is 33.2 Å². The summed E-state index contributed by atoms with van der Waals surface area (Å²) >= 11 is 0. The fourth-order valence-corrected chi connectivity index (χ4v) is 9.73. The Kier molecular flexibility index (Phi) is 19.0. The molecule has 2 aliphatic rings. The Morgan fingerprint density at radius 3 is 2.36 bits per heavy atom. The summed E-state index contributed by atoms with van der Waals surface area (Å²) in [5.74, 6) is -3.39. The number of ether oxygens (including phenoxy) is 3. The molecule has 1 heterocycles. The number of unbranched alkanes of at least 4 members (excludes halogenated alkanes) is 1. The smallest absolute Gasteiger partial charge is 0.302 e. The van der Waals surface area contributed by atoms with Crippen LogP contribution in [-0.2, 0) is 44.9 Å². The van der Waals surface area contributed by atoms with Crippen LogP contribution in [0.1, 0.15) is 84.1 Å². The van der Waals surface area contributed by atoms with Crippen LogP contribution in [0.5, 0.6) is 0 Å². The Bertz CT molecular complexity index is 1620. The molecule has 314 valence electrons. The van der Waals surface area contributed by atoms with Crippen LogP contribution in [0.15, 0.2) is 42.5 Å². The van der Waals surface area contributed by atoms with E-state index in [1.54, 1.807) is 6.92 Å². The molecular weight excluding hydrogens is 739 g/mol.